The van der Waals surface area contributed by atoms with Crippen LogP contribution in [-0.4, -0.2) is 9.55 Å². The topological polar surface area (TPSA) is 21.7 Å². The fourth-order valence-electron chi connectivity index (χ4n) is 1.48. The van der Waals surface area contributed by atoms with Gasteiger partial charge in [0.25, 0.3) is 0 Å². The molecule has 0 spiro atoms. The van der Waals surface area contributed by atoms with E-state index in [2.05, 4.69) is 36.6 Å². The Hall–Kier alpha value is -1.64. The maximum Gasteiger partial charge on any atom is 0.204 e. The van der Waals surface area contributed by atoms with Gasteiger partial charge >= 0.3 is 0 Å². The molecule has 0 radical (unpaired) electrons. The van der Waals surface area contributed by atoms with Gasteiger partial charge in [-0.3, -0.25) is 4.98 Å². The van der Waals surface area contributed by atoms with Gasteiger partial charge in [0.2, 0.25) is 6.33 Å². The lowest BCUT2D eigenvalue weighted by molar-refractivity contribution is -0.757. The third-order valence-electron chi connectivity index (χ3n) is 2.41. The summed E-state index contributed by atoms with van der Waals surface area (Å²) in [5.41, 5.74) is 1.13. The van der Waals surface area contributed by atoms with Crippen molar-refractivity contribution in [3.05, 3.63) is 48.8 Å². The van der Waals surface area contributed by atoms with Crippen molar-refractivity contribution >= 4 is 0 Å². The number of aromatic nitrogens is 3. The molecule has 0 aliphatic carbocycles. The van der Waals surface area contributed by atoms with Gasteiger partial charge in [-0.15, -0.1) is 0 Å². The fourth-order valence-corrected chi connectivity index (χ4v) is 1.48. The zero-order chi connectivity index (χ0) is 11.6. The molecule has 0 saturated heterocycles. The fraction of sp³-hybridized carbons (Fsp3) is 0.385. The van der Waals surface area contributed by atoms with Crippen LogP contribution in [0.25, 0.3) is 0 Å². The molecule has 0 aliphatic rings. The van der Waals surface area contributed by atoms with Crippen molar-refractivity contribution in [3.63, 3.8) is 0 Å². The molecule has 0 N–H and O–H groups in total. The average molecular weight is 215 g/mol. The Bertz CT molecular complexity index is 452. The van der Waals surface area contributed by atoms with Crippen molar-refractivity contribution in [1.29, 1.82) is 0 Å². The van der Waals surface area contributed by atoms with Gasteiger partial charge in [-0.2, -0.15) is 0 Å². The Kier molecular flexibility index (Phi) is 2.77. The smallest absolute Gasteiger partial charge is 0.204 e. The number of hydrogen-bond donors (Lipinski definition) is 0. The first-order valence-corrected chi connectivity index (χ1v) is 5.46. The monoisotopic (exact) mass is 215 g/mol. The molecule has 2 aromatic rings. The maximum absolute atomic E-state index is 4.30. The van der Waals surface area contributed by atoms with Crippen LogP contribution in [-0.2, 0) is 12.1 Å². The Morgan fingerprint density at radius 2 is 2.19 bits per heavy atom. The molecule has 2 rings (SSSR count). The minimum Gasteiger partial charge on any atom is -0.347 e. The molecule has 3 nitrogen and oxygen atoms in total. The number of hydrogen-bond acceptors (Lipinski definition) is 1. The summed E-state index contributed by atoms with van der Waals surface area (Å²) in [6.45, 7) is 7.25. The summed E-state index contributed by atoms with van der Waals surface area (Å²) >= 11 is 0. The maximum atomic E-state index is 4.30. The van der Waals surface area contributed by atoms with Crippen LogP contribution in [0.3, 0.4) is 0 Å². The molecule has 3 heteroatoms. The van der Waals surface area contributed by atoms with Crippen molar-refractivity contribution in [2.45, 2.75) is 32.9 Å². The number of rotatable bonds is 2. The van der Waals surface area contributed by atoms with E-state index in [4.69, 9.17) is 0 Å². The van der Waals surface area contributed by atoms with Crippen molar-refractivity contribution in [2.75, 3.05) is 0 Å². The second-order valence-corrected chi connectivity index (χ2v) is 4.89. The van der Waals surface area contributed by atoms with Crippen molar-refractivity contribution in [3.8, 4) is 0 Å². The summed E-state index contributed by atoms with van der Waals surface area (Å²) in [6, 6.07) is 5.96. The van der Waals surface area contributed by atoms with E-state index < -0.39 is 0 Å². The van der Waals surface area contributed by atoms with Crippen LogP contribution >= 0.6 is 0 Å². The zero-order valence-electron chi connectivity index (χ0n) is 10.0. The molecule has 0 aliphatic heterocycles. The van der Waals surface area contributed by atoms with Gasteiger partial charge in [-0.1, -0.05) is 6.07 Å². The molecule has 2 heterocycles. The number of nitrogens with zero attached hydrogens (tertiary/aromatic N) is 3. The van der Waals surface area contributed by atoms with Crippen LogP contribution in [0, 0.1) is 6.33 Å². The quantitative estimate of drug-likeness (QED) is 0.553. The normalized spacial score (nSPS) is 11.7. The van der Waals surface area contributed by atoms with Crippen LogP contribution in [0.2, 0.25) is 0 Å². The lowest BCUT2D eigenvalue weighted by atomic mass is 10.1. The van der Waals surface area contributed by atoms with Crippen LogP contribution in [0.4, 0.5) is 0 Å². The average Bonchev–Trinajstić information content (AvgIpc) is 2.67. The molecule has 0 bridgehead atoms. The third-order valence-corrected chi connectivity index (χ3v) is 2.41. The molecule has 0 atom stereocenters. The van der Waals surface area contributed by atoms with Gasteiger partial charge in [0.1, 0.15) is 6.54 Å². The molecule has 16 heavy (non-hydrogen) atoms. The van der Waals surface area contributed by atoms with Crippen LogP contribution < -0.4 is 4.57 Å². The summed E-state index contributed by atoms with van der Waals surface area (Å²) in [5, 5.41) is 0. The molecule has 2 aromatic heterocycles. The minimum atomic E-state index is 0.0787. The van der Waals surface area contributed by atoms with Crippen molar-refractivity contribution < 1.29 is 4.57 Å². The van der Waals surface area contributed by atoms with Crippen LogP contribution in [0.15, 0.2) is 36.8 Å². The van der Waals surface area contributed by atoms with Gasteiger partial charge in [0.05, 0.1) is 11.2 Å². The van der Waals surface area contributed by atoms with E-state index in [1.165, 1.54) is 0 Å². The summed E-state index contributed by atoms with van der Waals surface area (Å²) < 4.78 is 4.10. The van der Waals surface area contributed by atoms with E-state index in [9.17, 15) is 0 Å². The molecular formula is C13H17N3. The number of pyridine rings is 1. The van der Waals surface area contributed by atoms with Crippen LogP contribution in [0.1, 0.15) is 26.5 Å². The SMILES string of the molecule is CC(C)(C)[n+]1[c-]n(Cc2ccccn2)cc1. The van der Waals surface area contributed by atoms with E-state index in [1.807, 2.05) is 41.4 Å². The van der Waals surface area contributed by atoms with E-state index in [0.717, 1.165) is 12.2 Å². The van der Waals surface area contributed by atoms with Gasteiger partial charge < -0.3 is 9.13 Å². The van der Waals surface area contributed by atoms with Gasteiger partial charge in [-0.25, -0.2) is 0 Å². The molecule has 0 aromatic carbocycles. The predicted octanol–water partition coefficient (Wildman–Crippen LogP) is 1.77. The van der Waals surface area contributed by atoms with Gasteiger partial charge in [-0.05, 0) is 45.3 Å². The van der Waals surface area contributed by atoms with Crippen molar-refractivity contribution in [1.82, 2.24) is 9.55 Å². The van der Waals surface area contributed by atoms with E-state index in [1.54, 1.807) is 0 Å². The van der Waals surface area contributed by atoms with Crippen LogP contribution in [0.5, 0.6) is 0 Å². The Morgan fingerprint density at radius 3 is 2.75 bits per heavy atom. The highest BCUT2D eigenvalue weighted by Gasteiger charge is 2.13. The molecule has 0 unspecified atom stereocenters. The van der Waals surface area contributed by atoms with E-state index in [-0.39, 0.29) is 5.54 Å². The molecule has 0 saturated carbocycles. The first-order chi connectivity index (χ1) is 7.55. The second kappa shape index (κ2) is 4.08. The Labute approximate surface area is 96.4 Å². The molecule has 0 amide bonds. The molecular weight excluding hydrogens is 198 g/mol. The predicted molar refractivity (Wildman–Crippen MR) is 61.8 cm³/mol. The molecule has 84 valence electrons. The summed E-state index contributed by atoms with van der Waals surface area (Å²) in [5.74, 6) is 0. The van der Waals surface area contributed by atoms with Gasteiger partial charge in [0.15, 0.2) is 0 Å². The summed E-state index contributed by atoms with van der Waals surface area (Å²) in [4.78, 5) is 4.30. The summed E-state index contributed by atoms with van der Waals surface area (Å²) in [6.07, 6.45) is 9.18. The largest absolute Gasteiger partial charge is 0.347 e. The Morgan fingerprint density at radius 1 is 1.38 bits per heavy atom. The highest BCUT2D eigenvalue weighted by molar-refractivity contribution is 5.03. The summed E-state index contributed by atoms with van der Waals surface area (Å²) in [7, 11) is 0. The lowest BCUT2D eigenvalue weighted by Gasteiger charge is -2.18. The van der Waals surface area contributed by atoms with E-state index >= 15 is 0 Å². The van der Waals surface area contributed by atoms with E-state index in [0.29, 0.717) is 0 Å². The highest BCUT2D eigenvalue weighted by atomic mass is 15.1. The van der Waals surface area contributed by atoms with Crippen molar-refractivity contribution in [2.24, 2.45) is 0 Å². The van der Waals surface area contributed by atoms with Gasteiger partial charge in [0, 0.05) is 6.20 Å². The first-order valence-electron chi connectivity index (χ1n) is 5.46. The third kappa shape index (κ3) is 2.48. The molecule has 0 fully saturated rings. The standard InChI is InChI=1S/C13H17N3/c1-13(2,3)16-9-8-15(11-16)10-12-6-4-5-7-14-12/h4-9H,10H2,1-3H3. The lowest BCUT2D eigenvalue weighted by Crippen LogP contribution is -2.48. The number of imidazole rings is 1. The zero-order valence-corrected chi connectivity index (χ0v) is 10.0. The highest BCUT2D eigenvalue weighted by Crippen LogP contribution is 2.03. The first kappa shape index (κ1) is 10.9. The second-order valence-electron chi connectivity index (χ2n) is 4.89. The Balaban J connectivity index is 2.15. The minimum absolute atomic E-state index is 0.0787.